The molecule has 0 amide bonds. The van der Waals surface area contributed by atoms with Crippen molar-refractivity contribution < 1.29 is 19.4 Å². The lowest BCUT2D eigenvalue weighted by atomic mass is 9.79. The van der Waals surface area contributed by atoms with Gasteiger partial charge in [0.05, 0.1) is 7.11 Å². The Hall–Kier alpha value is -3.49. The smallest absolute Gasteiger partial charge is 0.313 e. The Morgan fingerprint density at radius 3 is 2.50 bits per heavy atom. The molecule has 4 rings (SSSR count). The molecule has 1 aromatic carbocycles. The fourth-order valence-corrected chi connectivity index (χ4v) is 4.43. The summed E-state index contributed by atoms with van der Waals surface area (Å²) in [5.41, 5.74) is 7.89. The summed E-state index contributed by atoms with van der Waals surface area (Å²) in [4.78, 5) is 20.3. The molecule has 1 saturated heterocycles. The average Bonchev–Trinajstić information content (AvgIpc) is 2.82. The number of pyridine rings is 1. The Bertz CT molecular complexity index is 989. The number of rotatable bonds is 6. The summed E-state index contributed by atoms with van der Waals surface area (Å²) in [5.74, 6) is 0.315. The number of ether oxygens (including phenoxy) is 2. The van der Waals surface area contributed by atoms with Gasteiger partial charge in [-0.05, 0) is 54.7 Å². The molecule has 0 radical (unpaired) electrons. The zero-order valence-electron chi connectivity index (χ0n) is 18.2. The van der Waals surface area contributed by atoms with Gasteiger partial charge in [-0.2, -0.15) is 0 Å². The summed E-state index contributed by atoms with van der Waals surface area (Å²) < 4.78 is 11.6. The highest BCUT2D eigenvalue weighted by Crippen LogP contribution is 2.38. The van der Waals surface area contributed by atoms with Crippen LogP contribution in [-0.4, -0.2) is 60.3 Å². The van der Waals surface area contributed by atoms with Crippen molar-refractivity contribution in [1.82, 2.24) is 9.88 Å². The standard InChI is InChI=1S/C23H29N5O4/c1-31-19-12-16-4-9-28(22(24)25)14-17(16)13-20(19)32-15-23(21(29)30)5-10-27(11-6-23)18-2-7-26-8-3-18/h2-3,7-8,12-13H,4-6,9-11,14-15H2,1H3,(H3,24,25)(H,29,30). The van der Waals surface area contributed by atoms with Crippen LogP contribution >= 0.6 is 0 Å². The Labute approximate surface area is 187 Å². The number of anilines is 1. The number of nitrogens with two attached hydrogens (primary N) is 1. The highest BCUT2D eigenvalue weighted by molar-refractivity contribution is 5.76. The quantitative estimate of drug-likeness (QED) is 0.462. The summed E-state index contributed by atoms with van der Waals surface area (Å²) in [7, 11) is 1.58. The number of aliphatic carboxylic acids is 1. The number of carbonyl (C=O) groups is 1. The van der Waals surface area contributed by atoms with Gasteiger partial charge in [0.1, 0.15) is 12.0 Å². The van der Waals surface area contributed by atoms with Gasteiger partial charge < -0.3 is 30.1 Å². The van der Waals surface area contributed by atoms with Crippen LogP contribution in [0.25, 0.3) is 0 Å². The van der Waals surface area contributed by atoms with E-state index in [4.69, 9.17) is 20.6 Å². The zero-order valence-corrected chi connectivity index (χ0v) is 18.2. The number of carboxylic acids is 1. The lowest BCUT2D eigenvalue weighted by molar-refractivity contribution is -0.152. The van der Waals surface area contributed by atoms with Gasteiger partial charge in [0.2, 0.25) is 0 Å². The van der Waals surface area contributed by atoms with Crippen LogP contribution in [0.2, 0.25) is 0 Å². The van der Waals surface area contributed by atoms with Crippen molar-refractivity contribution in [3.63, 3.8) is 0 Å². The normalized spacial score (nSPS) is 17.4. The van der Waals surface area contributed by atoms with Crippen LogP contribution in [0.5, 0.6) is 11.5 Å². The molecule has 2 aromatic rings. The first kappa shape index (κ1) is 21.7. The third-order valence-electron chi connectivity index (χ3n) is 6.54. The van der Waals surface area contributed by atoms with Gasteiger partial charge >= 0.3 is 5.97 Å². The second-order valence-corrected chi connectivity index (χ2v) is 8.40. The molecule has 9 heteroatoms. The first-order chi connectivity index (χ1) is 15.4. The molecule has 0 atom stereocenters. The predicted molar refractivity (Wildman–Crippen MR) is 120 cm³/mol. The number of guanidine groups is 1. The third kappa shape index (κ3) is 4.28. The number of nitrogens with zero attached hydrogens (tertiary/aromatic N) is 3. The first-order valence-electron chi connectivity index (χ1n) is 10.7. The first-order valence-corrected chi connectivity index (χ1v) is 10.7. The van der Waals surface area contributed by atoms with E-state index in [-0.39, 0.29) is 12.6 Å². The molecule has 1 aromatic heterocycles. The predicted octanol–water partition coefficient (Wildman–Crippen LogP) is 2.09. The van der Waals surface area contributed by atoms with Gasteiger partial charge in [0.15, 0.2) is 17.5 Å². The summed E-state index contributed by atoms with van der Waals surface area (Å²) in [6.07, 6.45) is 5.21. The molecule has 3 heterocycles. The van der Waals surface area contributed by atoms with E-state index in [0.29, 0.717) is 50.5 Å². The Kier molecular flexibility index (Phi) is 6.07. The number of aromatic nitrogens is 1. The fraction of sp³-hybridized carbons (Fsp3) is 0.435. The van der Waals surface area contributed by atoms with E-state index in [1.165, 1.54) is 0 Å². The van der Waals surface area contributed by atoms with E-state index in [9.17, 15) is 9.90 Å². The fourth-order valence-electron chi connectivity index (χ4n) is 4.43. The summed E-state index contributed by atoms with van der Waals surface area (Å²) >= 11 is 0. The molecule has 0 spiro atoms. The molecule has 0 unspecified atom stereocenters. The number of methoxy groups -OCH3 is 1. The number of hydrogen-bond acceptors (Lipinski definition) is 6. The van der Waals surface area contributed by atoms with Crippen LogP contribution < -0.4 is 20.1 Å². The maximum Gasteiger partial charge on any atom is 0.313 e. The summed E-state index contributed by atoms with van der Waals surface area (Å²) in [6.45, 7) is 2.54. The van der Waals surface area contributed by atoms with Gasteiger partial charge in [0, 0.05) is 44.3 Å². The van der Waals surface area contributed by atoms with Crippen molar-refractivity contribution in [2.45, 2.75) is 25.8 Å². The molecule has 0 bridgehead atoms. The minimum absolute atomic E-state index is 0.0414. The topological polar surface area (TPSA) is 125 Å². The number of fused-ring (bicyclic) bond motifs is 1. The molecule has 4 N–H and O–H groups in total. The number of nitrogens with one attached hydrogen (secondary N) is 1. The van der Waals surface area contributed by atoms with Gasteiger partial charge in [-0.15, -0.1) is 0 Å². The van der Waals surface area contributed by atoms with Crippen molar-refractivity contribution in [3.05, 3.63) is 47.8 Å². The van der Waals surface area contributed by atoms with E-state index >= 15 is 0 Å². The maximum atomic E-state index is 12.3. The van der Waals surface area contributed by atoms with Crippen LogP contribution in [0.3, 0.4) is 0 Å². The Morgan fingerprint density at radius 2 is 1.88 bits per heavy atom. The highest BCUT2D eigenvalue weighted by atomic mass is 16.5. The van der Waals surface area contributed by atoms with Crippen molar-refractivity contribution in [1.29, 1.82) is 5.41 Å². The minimum Gasteiger partial charge on any atom is -0.493 e. The van der Waals surface area contributed by atoms with Crippen LogP contribution in [0, 0.1) is 10.8 Å². The van der Waals surface area contributed by atoms with E-state index in [1.807, 2.05) is 24.3 Å². The molecular weight excluding hydrogens is 410 g/mol. The lowest BCUT2D eigenvalue weighted by Gasteiger charge is -2.39. The molecule has 170 valence electrons. The third-order valence-corrected chi connectivity index (χ3v) is 6.54. The molecule has 2 aliphatic rings. The van der Waals surface area contributed by atoms with Crippen molar-refractivity contribution in [2.75, 3.05) is 38.3 Å². The molecule has 0 saturated carbocycles. The van der Waals surface area contributed by atoms with Gasteiger partial charge in [-0.1, -0.05) is 0 Å². The average molecular weight is 440 g/mol. The second kappa shape index (κ2) is 8.94. The molecule has 0 aliphatic carbocycles. The maximum absolute atomic E-state index is 12.3. The van der Waals surface area contributed by atoms with Crippen molar-refractivity contribution in [3.8, 4) is 11.5 Å². The summed E-state index contributed by atoms with van der Waals surface area (Å²) in [5, 5.41) is 17.8. The molecule has 32 heavy (non-hydrogen) atoms. The largest absolute Gasteiger partial charge is 0.493 e. The molecular formula is C23H29N5O4. The van der Waals surface area contributed by atoms with Crippen LogP contribution in [0.1, 0.15) is 24.0 Å². The summed E-state index contributed by atoms with van der Waals surface area (Å²) in [6, 6.07) is 7.71. The van der Waals surface area contributed by atoms with Crippen molar-refractivity contribution >= 4 is 17.6 Å². The highest BCUT2D eigenvalue weighted by Gasteiger charge is 2.43. The Morgan fingerprint density at radius 1 is 1.19 bits per heavy atom. The number of benzene rings is 1. The van der Waals surface area contributed by atoms with Crippen LogP contribution in [0.15, 0.2) is 36.7 Å². The van der Waals surface area contributed by atoms with E-state index in [1.54, 1.807) is 24.4 Å². The zero-order chi connectivity index (χ0) is 22.7. The molecule has 1 fully saturated rings. The number of piperidine rings is 1. The minimum atomic E-state index is -0.962. The van der Waals surface area contributed by atoms with Crippen LogP contribution in [-0.2, 0) is 17.8 Å². The number of hydrogen-bond donors (Lipinski definition) is 3. The number of carboxylic acid groups (broad SMARTS) is 1. The van der Waals surface area contributed by atoms with Crippen molar-refractivity contribution in [2.24, 2.45) is 11.1 Å². The molecule has 9 nitrogen and oxygen atoms in total. The Balaban J connectivity index is 1.49. The van der Waals surface area contributed by atoms with Gasteiger partial charge in [-0.25, -0.2) is 0 Å². The molecule has 2 aliphatic heterocycles. The monoisotopic (exact) mass is 439 g/mol. The SMILES string of the molecule is COc1cc2c(cc1OCC1(C(=O)O)CCN(c3ccncc3)CC1)CN(C(=N)N)CC2. The van der Waals surface area contributed by atoms with E-state index in [2.05, 4.69) is 9.88 Å². The van der Waals surface area contributed by atoms with Gasteiger partial charge in [0.25, 0.3) is 0 Å². The lowest BCUT2D eigenvalue weighted by Crippen LogP contribution is -2.47. The van der Waals surface area contributed by atoms with E-state index in [0.717, 1.165) is 23.2 Å². The van der Waals surface area contributed by atoms with Gasteiger partial charge in [-0.3, -0.25) is 15.2 Å². The second-order valence-electron chi connectivity index (χ2n) is 8.40. The van der Waals surface area contributed by atoms with E-state index < -0.39 is 11.4 Å². The van der Waals surface area contributed by atoms with Crippen LogP contribution in [0.4, 0.5) is 5.69 Å².